The molecule has 2 aromatic carbocycles. The molecule has 0 amide bonds. The zero-order chi connectivity index (χ0) is 21.7. The minimum atomic E-state index is -0.631. The molecule has 30 heavy (non-hydrogen) atoms. The van der Waals surface area contributed by atoms with E-state index in [2.05, 4.69) is 11.0 Å². The molecule has 0 aliphatic carbocycles. The second-order valence-corrected chi connectivity index (χ2v) is 8.05. The summed E-state index contributed by atoms with van der Waals surface area (Å²) in [5.41, 5.74) is 4.63. The van der Waals surface area contributed by atoms with Gasteiger partial charge in [-0.2, -0.15) is 5.26 Å². The Morgan fingerprint density at radius 1 is 1.20 bits per heavy atom. The summed E-state index contributed by atoms with van der Waals surface area (Å²) in [6.45, 7) is 7.45. The van der Waals surface area contributed by atoms with E-state index in [4.69, 9.17) is 4.74 Å². The van der Waals surface area contributed by atoms with Crippen LogP contribution in [0.25, 0.3) is 0 Å². The molecule has 5 heteroatoms. The van der Waals surface area contributed by atoms with Gasteiger partial charge in [-0.05, 0) is 74.9 Å². The van der Waals surface area contributed by atoms with Gasteiger partial charge in [0.15, 0.2) is 0 Å². The lowest BCUT2D eigenvalue weighted by Crippen LogP contribution is -2.46. The highest BCUT2D eigenvalue weighted by atomic mass is 16.5. The average molecular weight is 405 g/mol. The molecule has 156 valence electrons. The molecule has 1 aliphatic heterocycles. The first-order valence-electron chi connectivity index (χ1n) is 10.4. The highest BCUT2D eigenvalue weighted by molar-refractivity contribution is 5.80. The van der Waals surface area contributed by atoms with Crippen LogP contribution in [0, 0.1) is 30.6 Å². The van der Waals surface area contributed by atoms with Gasteiger partial charge in [0.1, 0.15) is 12.4 Å². The summed E-state index contributed by atoms with van der Waals surface area (Å²) in [6, 6.07) is 13.7. The summed E-state index contributed by atoms with van der Waals surface area (Å²) in [5.74, 6) is -0.175. The number of nitriles is 1. The minimum Gasteiger partial charge on any atom is -0.466 e. The number of para-hydroxylation sites is 1. The third-order valence-corrected chi connectivity index (χ3v) is 6.17. The molecular weight excluding hydrogens is 376 g/mol. The maximum absolute atomic E-state index is 13.1. The van der Waals surface area contributed by atoms with Crippen LogP contribution in [-0.2, 0) is 16.0 Å². The van der Waals surface area contributed by atoms with Crippen LogP contribution in [-0.4, -0.2) is 32.0 Å². The van der Waals surface area contributed by atoms with Gasteiger partial charge in [-0.1, -0.05) is 18.2 Å². The predicted octanol–water partition coefficient (Wildman–Crippen LogP) is 4.38. The Balaban J connectivity index is 1.89. The summed E-state index contributed by atoms with van der Waals surface area (Å²) < 4.78 is 5.48. The van der Waals surface area contributed by atoms with Crippen molar-refractivity contribution in [3.8, 4) is 6.07 Å². The molecule has 0 atom stereocenters. The lowest BCUT2D eigenvalue weighted by molar-refractivity contribution is -0.156. The molecule has 0 bridgehead atoms. The lowest BCUT2D eigenvalue weighted by atomic mass is 9.72. The van der Waals surface area contributed by atoms with Crippen molar-refractivity contribution in [2.45, 2.75) is 40.0 Å². The third kappa shape index (κ3) is 4.23. The van der Waals surface area contributed by atoms with Crippen LogP contribution >= 0.6 is 0 Å². The SMILES string of the molecule is CCOC(=O)C1(Cc2cc(C=O)c(C)cc2C)CCN(c2ccccc2C#N)CC1. The van der Waals surface area contributed by atoms with Gasteiger partial charge in [0, 0.05) is 18.7 Å². The van der Waals surface area contributed by atoms with E-state index in [1.807, 2.05) is 57.2 Å². The van der Waals surface area contributed by atoms with E-state index in [1.54, 1.807) is 0 Å². The molecule has 0 aromatic heterocycles. The van der Waals surface area contributed by atoms with E-state index in [-0.39, 0.29) is 5.97 Å². The van der Waals surface area contributed by atoms with Crippen molar-refractivity contribution in [3.05, 3.63) is 64.2 Å². The Morgan fingerprint density at radius 3 is 2.53 bits per heavy atom. The van der Waals surface area contributed by atoms with Crippen molar-refractivity contribution < 1.29 is 14.3 Å². The van der Waals surface area contributed by atoms with Gasteiger partial charge < -0.3 is 9.64 Å². The highest BCUT2D eigenvalue weighted by Gasteiger charge is 2.43. The van der Waals surface area contributed by atoms with Gasteiger partial charge in [0.05, 0.1) is 23.3 Å². The van der Waals surface area contributed by atoms with Gasteiger partial charge in [-0.25, -0.2) is 0 Å². The lowest BCUT2D eigenvalue weighted by Gasteiger charge is -2.41. The number of ether oxygens (including phenoxy) is 1. The fourth-order valence-corrected chi connectivity index (χ4v) is 4.35. The predicted molar refractivity (Wildman–Crippen MR) is 117 cm³/mol. The molecule has 2 aromatic rings. The second kappa shape index (κ2) is 9.13. The number of aryl methyl sites for hydroxylation is 2. The van der Waals surface area contributed by atoms with Crippen molar-refractivity contribution in [2.24, 2.45) is 5.41 Å². The Kier molecular flexibility index (Phi) is 6.56. The number of hydrogen-bond acceptors (Lipinski definition) is 5. The van der Waals surface area contributed by atoms with Gasteiger partial charge in [-0.15, -0.1) is 0 Å². The standard InChI is InChI=1S/C25H28N2O3/c1-4-30-24(29)25(15-21-14-22(17-28)19(3)13-18(21)2)9-11-27(12-10-25)23-8-6-5-7-20(23)16-26/h5-8,13-14,17H,4,9-12,15H2,1-3H3. The Hall–Kier alpha value is -3.13. The number of carbonyl (C=O) groups is 2. The number of carbonyl (C=O) groups excluding carboxylic acids is 2. The molecule has 1 heterocycles. The molecule has 0 N–H and O–H groups in total. The number of aldehydes is 1. The minimum absolute atomic E-state index is 0.175. The van der Waals surface area contributed by atoms with Crippen molar-refractivity contribution in [1.82, 2.24) is 0 Å². The molecule has 0 saturated carbocycles. The van der Waals surface area contributed by atoms with Crippen LogP contribution in [0.4, 0.5) is 5.69 Å². The number of benzene rings is 2. The molecule has 1 saturated heterocycles. The normalized spacial score (nSPS) is 15.3. The number of piperidine rings is 1. The molecule has 0 spiro atoms. The van der Waals surface area contributed by atoms with E-state index in [0.717, 1.165) is 28.7 Å². The zero-order valence-electron chi connectivity index (χ0n) is 17.9. The topological polar surface area (TPSA) is 70.4 Å². The molecule has 1 fully saturated rings. The van der Waals surface area contributed by atoms with Crippen molar-refractivity contribution >= 4 is 17.9 Å². The van der Waals surface area contributed by atoms with Crippen LogP contribution < -0.4 is 4.90 Å². The molecule has 5 nitrogen and oxygen atoms in total. The van der Waals surface area contributed by atoms with E-state index in [9.17, 15) is 14.9 Å². The van der Waals surface area contributed by atoms with Gasteiger partial charge >= 0.3 is 5.97 Å². The second-order valence-electron chi connectivity index (χ2n) is 8.05. The van der Waals surface area contributed by atoms with E-state index < -0.39 is 5.41 Å². The van der Waals surface area contributed by atoms with Crippen LogP contribution in [0.2, 0.25) is 0 Å². The van der Waals surface area contributed by atoms with E-state index >= 15 is 0 Å². The molecule has 0 unspecified atom stereocenters. The molecular formula is C25H28N2O3. The summed E-state index contributed by atoms with van der Waals surface area (Å²) in [5, 5.41) is 9.43. The molecule has 0 radical (unpaired) electrons. The number of nitrogens with zero attached hydrogens (tertiary/aromatic N) is 2. The highest BCUT2D eigenvalue weighted by Crippen LogP contribution is 2.39. The first-order chi connectivity index (χ1) is 14.4. The first kappa shape index (κ1) is 21.6. The van der Waals surface area contributed by atoms with Crippen molar-refractivity contribution in [1.29, 1.82) is 5.26 Å². The fraction of sp³-hybridized carbons (Fsp3) is 0.400. The summed E-state index contributed by atoms with van der Waals surface area (Å²) >= 11 is 0. The number of rotatable bonds is 6. The Labute approximate surface area is 178 Å². The quantitative estimate of drug-likeness (QED) is 0.528. The molecule has 1 aliphatic rings. The van der Waals surface area contributed by atoms with Crippen LogP contribution in [0.1, 0.15) is 52.4 Å². The van der Waals surface area contributed by atoms with Crippen LogP contribution in [0.3, 0.4) is 0 Å². The largest absolute Gasteiger partial charge is 0.466 e. The Morgan fingerprint density at radius 2 is 1.90 bits per heavy atom. The van der Waals surface area contributed by atoms with E-state index in [0.29, 0.717) is 50.1 Å². The summed E-state index contributed by atoms with van der Waals surface area (Å²) in [4.78, 5) is 26.7. The Bertz CT molecular complexity index is 982. The number of hydrogen-bond donors (Lipinski definition) is 0. The first-order valence-corrected chi connectivity index (χ1v) is 10.4. The molecule has 3 rings (SSSR count). The summed E-state index contributed by atoms with van der Waals surface area (Å²) in [7, 11) is 0. The smallest absolute Gasteiger partial charge is 0.312 e. The maximum atomic E-state index is 13.1. The van der Waals surface area contributed by atoms with Crippen molar-refractivity contribution in [3.63, 3.8) is 0 Å². The zero-order valence-corrected chi connectivity index (χ0v) is 17.9. The number of esters is 1. The van der Waals surface area contributed by atoms with Crippen LogP contribution in [0.5, 0.6) is 0 Å². The van der Waals surface area contributed by atoms with Gasteiger partial charge in [0.25, 0.3) is 0 Å². The van der Waals surface area contributed by atoms with Gasteiger partial charge in [0.2, 0.25) is 0 Å². The third-order valence-electron chi connectivity index (χ3n) is 6.17. The van der Waals surface area contributed by atoms with Gasteiger partial charge in [-0.3, -0.25) is 9.59 Å². The average Bonchev–Trinajstić information content (AvgIpc) is 2.76. The fourth-order valence-electron chi connectivity index (χ4n) is 4.35. The van der Waals surface area contributed by atoms with E-state index in [1.165, 1.54) is 0 Å². The van der Waals surface area contributed by atoms with Crippen LogP contribution in [0.15, 0.2) is 36.4 Å². The monoisotopic (exact) mass is 404 g/mol. The maximum Gasteiger partial charge on any atom is 0.312 e. The number of anilines is 1. The summed E-state index contributed by atoms with van der Waals surface area (Å²) in [6.07, 6.45) is 2.69. The van der Waals surface area contributed by atoms with Crippen molar-refractivity contribution in [2.75, 3.05) is 24.6 Å².